The monoisotopic (exact) mass is 178 g/mol. The molecule has 0 saturated heterocycles. The molecule has 0 aliphatic heterocycles. The summed E-state index contributed by atoms with van der Waals surface area (Å²) in [6.07, 6.45) is 5.61. The van der Waals surface area contributed by atoms with Crippen molar-refractivity contribution in [2.75, 3.05) is 13.2 Å². The lowest BCUT2D eigenvalue weighted by molar-refractivity contribution is -0.191. The summed E-state index contributed by atoms with van der Waals surface area (Å²) in [5, 5.41) is 8.46. The van der Waals surface area contributed by atoms with Gasteiger partial charge in [0, 0.05) is 0 Å². The van der Waals surface area contributed by atoms with Crippen molar-refractivity contribution >= 4 is 8.25 Å². The summed E-state index contributed by atoms with van der Waals surface area (Å²) >= 11 is 0. The third kappa shape index (κ3) is 5.77. The van der Waals surface area contributed by atoms with Gasteiger partial charge in [0.2, 0.25) is 0 Å². The zero-order valence-corrected chi connectivity index (χ0v) is 6.49. The van der Waals surface area contributed by atoms with Crippen LogP contribution in [-0.4, -0.2) is 24.4 Å². The van der Waals surface area contributed by atoms with Crippen molar-refractivity contribution in [3.8, 4) is 12.5 Å². The van der Waals surface area contributed by atoms with Crippen LogP contribution >= 0.6 is 8.25 Å². The van der Waals surface area contributed by atoms with Gasteiger partial charge in [-0.2, -0.15) is 0 Å². The molecule has 0 radical (unpaired) electrons. The minimum atomic E-state index is -2.97. The Balaban J connectivity index is 3.59. The molecule has 0 aromatic heterocycles. The van der Waals surface area contributed by atoms with Crippen molar-refractivity contribution in [1.82, 2.24) is 0 Å². The number of terminal acetylenes is 1. The van der Waals surface area contributed by atoms with Crippen LogP contribution in [0.3, 0.4) is 0 Å². The summed E-state index contributed by atoms with van der Waals surface area (Å²) in [6, 6.07) is 0. The fourth-order valence-electron chi connectivity index (χ4n) is 0.379. The van der Waals surface area contributed by atoms with Gasteiger partial charge in [-0.3, -0.25) is 0 Å². The fraction of sp³-hybridized carbons (Fsp3) is 0.600. The van der Waals surface area contributed by atoms with Crippen molar-refractivity contribution in [3.63, 3.8) is 0 Å². The fourth-order valence-corrected chi connectivity index (χ4v) is 0.750. The van der Waals surface area contributed by atoms with Crippen LogP contribution < -0.4 is 4.89 Å². The first-order valence-corrected chi connectivity index (χ1v) is 3.79. The van der Waals surface area contributed by atoms with E-state index in [1.165, 1.54) is 0 Å². The van der Waals surface area contributed by atoms with Crippen molar-refractivity contribution in [1.29, 1.82) is 0 Å². The van der Waals surface area contributed by atoms with Crippen LogP contribution in [0, 0.1) is 12.5 Å². The van der Waals surface area contributed by atoms with Crippen LogP contribution in [0.25, 0.3) is 0 Å². The van der Waals surface area contributed by atoms with E-state index in [9.17, 15) is 9.46 Å². The number of hydrogen-bond acceptors (Lipinski definition) is 5. The van der Waals surface area contributed by atoms with Crippen molar-refractivity contribution in [2.45, 2.75) is 6.10 Å². The molecular formula is C5H7O5P. The zero-order chi connectivity index (χ0) is 8.69. The Bertz CT molecular complexity index is 163. The average molecular weight is 178 g/mol. The number of aliphatic hydroxyl groups is 1. The molecule has 6 heteroatoms. The molecule has 0 bridgehead atoms. The molecule has 0 aliphatic rings. The maximum absolute atomic E-state index is 9.93. The Kier molecular flexibility index (Phi) is 5.71. The highest BCUT2D eigenvalue weighted by molar-refractivity contribution is 7.30. The van der Waals surface area contributed by atoms with Crippen LogP contribution in [0.15, 0.2) is 0 Å². The van der Waals surface area contributed by atoms with E-state index in [2.05, 4.69) is 9.26 Å². The molecule has 0 amide bonds. The molecule has 11 heavy (non-hydrogen) atoms. The largest absolute Gasteiger partial charge is 0.566 e. The molecule has 5 nitrogen and oxygen atoms in total. The molecule has 1 N–H and O–H groups in total. The molecular weight excluding hydrogens is 171 g/mol. The summed E-state index contributed by atoms with van der Waals surface area (Å²) in [6.45, 7) is -0.596. The van der Waals surface area contributed by atoms with Gasteiger partial charge in [0.1, 0.15) is 12.7 Å². The summed E-state index contributed by atoms with van der Waals surface area (Å²) < 4.78 is 18.5. The average Bonchev–Trinajstić information content (AvgIpc) is 1.97. The van der Waals surface area contributed by atoms with Crippen LogP contribution in [0.2, 0.25) is 0 Å². The van der Waals surface area contributed by atoms with Gasteiger partial charge < -0.3 is 14.7 Å². The molecule has 0 aliphatic carbocycles. The molecule has 0 fully saturated rings. The van der Waals surface area contributed by atoms with Crippen LogP contribution in [0.1, 0.15) is 0 Å². The predicted molar refractivity (Wildman–Crippen MR) is 34.4 cm³/mol. The van der Waals surface area contributed by atoms with Gasteiger partial charge in [-0.1, -0.05) is 6.42 Å². The summed E-state index contributed by atoms with van der Waals surface area (Å²) in [7, 11) is -2.97. The molecule has 0 rings (SSSR count). The van der Waals surface area contributed by atoms with Crippen molar-refractivity contribution in [2.24, 2.45) is 0 Å². The molecule has 62 valence electrons. The van der Waals surface area contributed by atoms with Gasteiger partial charge in [0.25, 0.3) is 0 Å². The zero-order valence-electron chi connectivity index (χ0n) is 5.60. The number of aliphatic hydroxyl groups excluding tert-OH is 1. The van der Waals surface area contributed by atoms with E-state index < -0.39 is 21.0 Å². The standard InChI is InChI=1S/C5H7O5P/c1-2-9-4-5(3-6)10-11(7)8/h1,5-6H,3-4H2. The first-order valence-electron chi connectivity index (χ1n) is 2.70. The Morgan fingerprint density at radius 1 is 1.82 bits per heavy atom. The maximum atomic E-state index is 9.93. The highest BCUT2D eigenvalue weighted by atomic mass is 31.1. The quantitative estimate of drug-likeness (QED) is 0.431. The van der Waals surface area contributed by atoms with Crippen LogP contribution in [0.4, 0.5) is 0 Å². The van der Waals surface area contributed by atoms with Gasteiger partial charge in [0.15, 0.2) is 6.10 Å². The summed E-state index contributed by atoms with van der Waals surface area (Å²) in [4.78, 5) is 9.93. The van der Waals surface area contributed by atoms with Crippen LogP contribution in [0.5, 0.6) is 0 Å². The second kappa shape index (κ2) is 6.08. The van der Waals surface area contributed by atoms with Gasteiger partial charge in [-0.05, 0) is 4.57 Å². The molecule has 0 spiro atoms. The third-order valence-electron chi connectivity index (χ3n) is 0.791. The van der Waals surface area contributed by atoms with Gasteiger partial charge in [-0.25, -0.2) is 0 Å². The number of hydrogen-bond donors (Lipinski definition) is 1. The number of ether oxygens (including phenoxy) is 1. The van der Waals surface area contributed by atoms with E-state index in [0.717, 1.165) is 0 Å². The lowest BCUT2D eigenvalue weighted by Crippen LogP contribution is -2.21. The van der Waals surface area contributed by atoms with Gasteiger partial charge in [-0.15, -0.1) is 4.52 Å². The Morgan fingerprint density at radius 3 is 2.82 bits per heavy atom. The lowest BCUT2D eigenvalue weighted by atomic mass is 10.4. The first-order chi connectivity index (χ1) is 5.20. The topological polar surface area (TPSA) is 78.8 Å². The van der Waals surface area contributed by atoms with E-state index in [-0.39, 0.29) is 6.61 Å². The Hall–Kier alpha value is -0.660. The van der Waals surface area contributed by atoms with E-state index >= 15 is 0 Å². The second-order valence-electron chi connectivity index (χ2n) is 1.56. The third-order valence-corrected chi connectivity index (χ3v) is 1.26. The SMILES string of the molecule is C#COCC(CO)O[P+](=O)[O-]. The normalized spacial score (nSPS) is 13.4. The Morgan fingerprint density at radius 2 is 2.45 bits per heavy atom. The highest BCUT2D eigenvalue weighted by Crippen LogP contribution is 2.12. The van der Waals surface area contributed by atoms with E-state index in [1.54, 1.807) is 0 Å². The molecule has 2 atom stereocenters. The molecule has 2 unspecified atom stereocenters. The highest BCUT2D eigenvalue weighted by Gasteiger charge is 2.16. The summed E-state index contributed by atoms with van der Waals surface area (Å²) in [5.41, 5.74) is 0. The van der Waals surface area contributed by atoms with E-state index in [1.807, 2.05) is 6.11 Å². The molecule has 0 aromatic rings. The first kappa shape index (κ1) is 10.3. The van der Waals surface area contributed by atoms with Crippen LogP contribution in [-0.2, 0) is 13.8 Å². The predicted octanol–water partition coefficient (Wildman–Crippen LogP) is -1.01. The number of rotatable bonds is 5. The van der Waals surface area contributed by atoms with Crippen molar-refractivity contribution in [3.05, 3.63) is 0 Å². The van der Waals surface area contributed by atoms with Crippen molar-refractivity contribution < 1.29 is 23.8 Å². The maximum Gasteiger partial charge on any atom is 0.488 e. The van der Waals surface area contributed by atoms with E-state index in [0.29, 0.717) is 0 Å². The molecule has 0 saturated carbocycles. The molecule has 0 aromatic carbocycles. The van der Waals surface area contributed by atoms with Gasteiger partial charge >= 0.3 is 8.25 Å². The van der Waals surface area contributed by atoms with Gasteiger partial charge in [0.05, 0.1) is 6.61 Å². The minimum absolute atomic E-state index is 0.143. The lowest BCUT2D eigenvalue weighted by Gasteiger charge is -2.05. The smallest absolute Gasteiger partial charge is 0.488 e. The molecule has 0 heterocycles. The minimum Gasteiger partial charge on any atom is -0.566 e. The summed E-state index contributed by atoms with van der Waals surface area (Å²) in [5.74, 6) is 0. The second-order valence-corrected chi connectivity index (χ2v) is 2.22. The van der Waals surface area contributed by atoms with E-state index in [4.69, 9.17) is 11.5 Å². The Labute approximate surface area is 64.9 Å².